The average Bonchev–Trinajstić information content (AvgIpc) is 3.36. The minimum absolute atomic E-state index is 0.00184. The quantitative estimate of drug-likeness (QED) is 0.730. The second-order valence-corrected chi connectivity index (χ2v) is 7.43. The van der Waals surface area contributed by atoms with Crippen LogP contribution in [0.3, 0.4) is 0 Å². The van der Waals surface area contributed by atoms with Crippen molar-refractivity contribution in [2.24, 2.45) is 0 Å². The molecule has 0 atom stereocenters. The standard InChI is InChI=1S/C20H20N4O3S/c1-2-27-20(26)22-19-21-16-9-12-24(13-17(16)28-19)18(25)14-5-7-15(8-6-14)23-10-3-4-11-23/h3-8,10-11H,2,9,12-13H2,1H3,(H,21,22,26). The first kappa shape index (κ1) is 18.2. The lowest BCUT2D eigenvalue weighted by atomic mass is 10.1. The minimum atomic E-state index is -0.510. The Balaban J connectivity index is 1.44. The van der Waals surface area contributed by atoms with Crippen LogP contribution in [0, 0.1) is 0 Å². The molecule has 144 valence electrons. The highest BCUT2D eigenvalue weighted by atomic mass is 32.1. The van der Waals surface area contributed by atoms with Crippen LogP contribution in [0.15, 0.2) is 48.8 Å². The molecule has 7 nitrogen and oxygen atoms in total. The van der Waals surface area contributed by atoms with E-state index in [0.29, 0.717) is 36.8 Å². The van der Waals surface area contributed by atoms with Gasteiger partial charge in [0.2, 0.25) is 0 Å². The highest BCUT2D eigenvalue weighted by molar-refractivity contribution is 7.15. The maximum absolute atomic E-state index is 12.9. The number of nitrogens with one attached hydrogen (secondary N) is 1. The van der Waals surface area contributed by atoms with E-state index < -0.39 is 6.09 Å². The van der Waals surface area contributed by atoms with Gasteiger partial charge in [-0.1, -0.05) is 11.3 Å². The zero-order valence-corrected chi connectivity index (χ0v) is 16.2. The van der Waals surface area contributed by atoms with Gasteiger partial charge in [0, 0.05) is 41.5 Å². The molecule has 0 bridgehead atoms. The number of amides is 2. The third kappa shape index (κ3) is 3.77. The zero-order valence-electron chi connectivity index (χ0n) is 15.4. The molecule has 0 saturated heterocycles. The molecule has 0 fully saturated rings. The van der Waals surface area contributed by atoms with Crippen LogP contribution in [0.4, 0.5) is 9.93 Å². The van der Waals surface area contributed by atoms with Gasteiger partial charge in [0.05, 0.1) is 18.8 Å². The van der Waals surface area contributed by atoms with E-state index in [4.69, 9.17) is 4.74 Å². The SMILES string of the molecule is CCOC(=O)Nc1nc2c(s1)CN(C(=O)c1ccc(-n3cccc3)cc1)CC2. The number of aromatic nitrogens is 2. The summed E-state index contributed by atoms with van der Waals surface area (Å²) in [6.45, 7) is 3.16. The summed E-state index contributed by atoms with van der Waals surface area (Å²) in [4.78, 5) is 31.7. The summed E-state index contributed by atoms with van der Waals surface area (Å²) in [6, 6.07) is 11.5. The van der Waals surface area contributed by atoms with Crippen LogP contribution >= 0.6 is 11.3 Å². The molecule has 2 aromatic heterocycles. The summed E-state index contributed by atoms with van der Waals surface area (Å²) in [6.07, 6.45) is 4.09. The number of fused-ring (bicyclic) bond motifs is 1. The van der Waals surface area contributed by atoms with E-state index in [0.717, 1.165) is 16.3 Å². The molecule has 0 aliphatic carbocycles. The topological polar surface area (TPSA) is 76.5 Å². The van der Waals surface area contributed by atoms with Gasteiger partial charge in [0.15, 0.2) is 5.13 Å². The van der Waals surface area contributed by atoms with Crippen molar-refractivity contribution in [2.45, 2.75) is 19.9 Å². The number of ether oxygens (including phenoxy) is 1. The molecule has 28 heavy (non-hydrogen) atoms. The van der Waals surface area contributed by atoms with Crippen LogP contribution in [0.5, 0.6) is 0 Å². The van der Waals surface area contributed by atoms with Gasteiger partial charge in [-0.05, 0) is 43.3 Å². The van der Waals surface area contributed by atoms with Gasteiger partial charge in [-0.2, -0.15) is 0 Å². The van der Waals surface area contributed by atoms with Crippen molar-refractivity contribution < 1.29 is 14.3 Å². The van der Waals surface area contributed by atoms with Crippen molar-refractivity contribution in [2.75, 3.05) is 18.5 Å². The molecule has 1 aliphatic heterocycles. The van der Waals surface area contributed by atoms with Crippen LogP contribution in [0.2, 0.25) is 0 Å². The smallest absolute Gasteiger partial charge is 0.413 e. The summed E-state index contributed by atoms with van der Waals surface area (Å²) in [5.41, 5.74) is 2.61. The van der Waals surface area contributed by atoms with Gasteiger partial charge in [-0.15, -0.1) is 0 Å². The number of rotatable bonds is 4. The molecular weight excluding hydrogens is 376 g/mol. The van der Waals surface area contributed by atoms with Gasteiger partial charge in [-0.3, -0.25) is 10.1 Å². The summed E-state index contributed by atoms with van der Waals surface area (Å²) >= 11 is 1.39. The van der Waals surface area contributed by atoms with Crippen molar-refractivity contribution in [3.63, 3.8) is 0 Å². The molecule has 0 unspecified atom stereocenters. The van der Waals surface area contributed by atoms with E-state index in [2.05, 4.69) is 10.3 Å². The summed E-state index contributed by atoms with van der Waals surface area (Å²) in [7, 11) is 0. The lowest BCUT2D eigenvalue weighted by Crippen LogP contribution is -2.35. The number of hydrogen-bond acceptors (Lipinski definition) is 5. The van der Waals surface area contributed by atoms with E-state index in [1.807, 2.05) is 58.3 Å². The van der Waals surface area contributed by atoms with Crippen LogP contribution in [-0.2, 0) is 17.7 Å². The molecule has 3 aromatic rings. The molecule has 0 saturated carbocycles. The molecule has 0 radical (unpaired) electrons. The fourth-order valence-electron chi connectivity index (χ4n) is 3.14. The van der Waals surface area contributed by atoms with Gasteiger partial charge < -0.3 is 14.2 Å². The van der Waals surface area contributed by atoms with Crippen LogP contribution in [0.25, 0.3) is 5.69 Å². The van der Waals surface area contributed by atoms with E-state index >= 15 is 0 Å². The lowest BCUT2D eigenvalue weighted by Gasteiger charge is -2.26. The number of carbonyl (C=O) groups excluding carboxylic acids is 2. The zero-order chi connectivity index (χ0) is 19.5. The molecule has 4 rings (SSSR count). The summed E-state index contributed by atoms with van der Waals surface area (Å²) < 4.78 is 6.88. The normalized spacial score (nSPS) is 13.1. The third-order valence-corrected chi connectivity index (χ3v) is 5.52. The molecular formula is C20H20N4O3S. The number of anilines is 1. The van der Waals surface area contributed by atoms with Gasteiger partial charge in [0.1, 0.15) is 0 Å². The molecule has 0 spiro atoms. The molecule has 1 aromatic carbocycles. The van der Waals surface area contributed by atoms with Gasteiger partial charge >= 0.3 is 6.09 Å². The Hall–Kier alpha value is -3.13. The van der Waals surface area contributed by atoms with Gasteiger partial charge in [0.25, 0.3) is 5.91 Å². The largest absolute Gasteiger partial charge is 0.450 e. The summed E-state index contributed by atoms with van der Waals surface area (Å²) in [5.74, 6) is -0.00184. The van der Waals surface area contributed by atoms with Crippen molar-refractivity contribution in [3.8, 4) is 5.69 Å². The maximum atomic E-state index is 12.9. The predicted octanol–water partition coefficient (Wildman–Crippen LogP) is 3.70. The monoisotopic (exact) mass is 396 g/mol. The number of carbonyl (C=O) groups is 2. The van der Waals surface area contributed by atoms with Crippen molar-refractivity contribution in [1.29, 1.82) is 0 Å². The first-order valence-electron chi connectivity index (χ1n) is 9.09. The fourth-order valence-corrected chi connectivity index (χ4v) is 4.15. The molecule has 1 N–H and O–H groups in total. The lowest BCUT2D eigenvalue weighted by molar-refractivity contribution is 0.0736. The number of hydrogen-bond donors (Lipinski definition) is 1. The van der Waals surface area contributed by atoms with Crippen LogP contribution < -0.4 is 5.32 Å². The van der Waals surface area contributed by atoms with Crippen molar-refractivity contribution >= 4 is 28.5 Å². The Morgan fingerprint density at radius 3 is 2.68 bits per heavy atom. The summed E-state index contributed by atoms with van der Waals surface area (Å²) in [5, 5.41) is 3.14. The second-order valence-electron chi connectivity index (χ2n) is 6.35. The predicted molar refractivity (Wildman–Crippen MR) is 107 cm³/mol. The van der Waals surface area contributed by atoms with E-state index in [9.17, 15) is 9.59 Å². The Morgan fingerprint density at radius 2 is 1.96 bits per heavy atom. The molecule has 8 heteroatoms. The first-order valence-corrected chi connectivity index (χ1v) is 9.90. The Morgan fingerprint density at radius 1 is 1.21 bits per heavy atom. The number of benzene rings is 1. The number of thiazole rings is 1. The number of nitrogens with zero attached hydrogens (tertiary/aromatic N) is 3. The second kappa shape index (κ2) is 7.85. The average molecular weight is 396 g/mol. The molecule has 3 heterocycles. The Labute approximate surface area is 166 Å². The minimum Gasteiger partial charge on any atom is -0.450 e. The fraction of sp³-hybridized carbons (Fsp3) is 0.250. The van der Waals surface area contributed by atoms with Crippen LogP contribution in [0.1, 0.15) is 27.9 Å². The van der Waals surface area contributed by atoms with E-state index in [1.54, 1.807) is 6.92 Å². The van der Waals surface area contributed by atoms with E-state index in [1.165, 1.54) is 11.3 Å². The highest BCUT2D eigenvalue weighted by Gasteiger charge is 2.25. The van der Waals surface area contributed by atoms with E-state index in [-0.39, 0.29) is 5.91 Å². The molecule has 2 amide bonds. The third-order valence-electron chi connectivity index (χ3n) is 4.52. The Kier molecular flexibility index (Phi) is 5.12. The maximum Gasteiger partial charge on any atom is 0.413 e. The molecule has 1 aliphatic rings. The van der Waals surface area contributed by atoms with Crippen molar-refractivity contribution in [3.05, 3.63) is 64.9 Å². The van der Waals surface area contributed by atoms with Crippen molar-refractivity contribution in [1.82, 2.24) is 14.5 Å². The highest BCUT2D eigenvalue weighted by Crippen LogP contribution is 2.29. The van der Waals surface area contributed by atoms with Crippen LogP contribution in [-0.4, -0.2) is 39.6 Å². The first-order chi connectivity index (χ1) is 13.6. The van der Waals surface area contributed by atoms with Gasteiger partial charge in [-0.25, -0.2) is 9.78 Å². The Bertz CT molecular complexity index is 980.